The summed E-state index contributed by atoms with van der Waals surface area (Å²) in [7, 11) is 0. The molecule has 2 heterocycles. The first-order chi connectivity index (χ1) is 17.7. The Bertz CT molecular complexity index is 1100. The third-order valence-corrected chi connectivity index (χ3v) is 8.72. The minimum atomic E-state index is -0.964. The summed E-state index contributed by atoms with van der Waals surface area (Å²) in [5.74, 6) is -1.54. The molecule has 2 fully saturated rings. The first-order valence-corrected chi connectivity index (χ1v) is 13.8. The van der Waals surface area contributed by atoms with E-state index in [1.54, 1.807) is 0 Å². The Morgan fingerprint density at radius 3 is 2.54 bits per heavy atom. The van der Waals surface area contributed by atoms with Gasteiger partial charge in [0.25, 0.3) is 0 Å². The van der Waals surface area contributed by atoms with Crippen molar-refractivity contribution in [1.82, 2.24) is 10.2 Å². The Labute approximate surface area is 229 Å². The van der Waals surface area contributed by atoms with Crippen LogP contribution in [0.5, 0.6) is 0 Å². The fourth-order valence-electron chi connectivity index (χ4n) is 6.13. The summed E-state index contributed by atoms with van der Waals surface area (Å²) < 4.78 is 5.74. The van der Waals surface area contributed by atoms with Gasteiger partial charge in [0, 0.05) is 46.6 Å². The summed E-state index contributed by atoms with van der Waals surface area (Å²) >= 11 is 12.6. The smallest absolute Gasteiger partial charge is 0.304 e. The summed E-state index contributed by atoms with van der Waals surface area (Å²) in [6, 6.07) is 15.9. The summed E-state index contributed by atoms with van der Waals surface area (Å²) in [5, 5.41) is 14.0. The lowest BCUT2D eigenvalue weighted by atomic mass is 9.69. The molecule has 2 aromatic carbocycles. The molecule has 0 aliphatic carbocycles. The van der Waals surface area contributed by atoms with Crippen molar-refractivity contribution in [3.05, 3.63) is 69.7 Å². The first kappa shape index (κ1) is 27.9. The van der Waals surface area contributed by atoms with Crippen molar-refractivity contribution in [2.45, 2.75) is 57.7 Å². The summed E-state index contributed by atoms with van der Waals surface area (Å²) in [6.07, 6.45) is 0.290. The second-order valence-electron chi connectivity index (χ2n) is 10.6. The molecule has 7 unspecified atom stereocenters. The molecular formula is C29H36Cl2N2O4. The minimum Gasteiger partial charge on any atom is -0.481 e. The Morgan fingerprint density at radius 1 is 1.16 bits per heavy atom. The third kappa shape index (κ3) is 6.48. The average Bonchev–Trinajstić information content (AvgIpc) is 2.86. The zero-order valence-electron chi connectivity index (χ0n) is 21.6. The lowest BCUT2D eigenvalue weighted by molar-refractivity contribution is -0.142. The van der Waals surface area contributed by atoms with Gasteiger partial charge in [-0.1, -0.05) is 61.3 Å². The molecule has 0 aromatic heterocycles. The number of hydrogen-bond acceptors (Lipinski definition) is 4. The molecule has 0 saturated carbocycles. The van der Waals surface area contributed by atoms with Gasteiger partial charge in [0.1, 0.15) is 0 Å². The number of amides is 1. The Hall–Kier alpha value is -2.12. The van der Waals surface area contributed by atoms with Crippen LogP contribution in [0.2, 0.25) is 10.0 Å². The standard InChI is InChI=1S/C29H36Cl2N2O4/c1-17-16-37-12-11-33(17)28(20-7-9-23(30)10-8-20)19(3)18(2)27-25(21-5-4-6-24(31)13-21)14-22(15-26(34)35)29(36)32-27/h4-10,13,17-19,22,25,27-28H,11-12,14-16H2,1-3H3,(H,32,36)(H,34,35). The monoisotopic (exact) mass is 546 g/mol. The van der Waals surface area contributed by atoms with E-state index in [9.17, 15) is 14.7 Å². The largest absolute Gasteiger partial charge is 0.481 e. The van der Waals surface area contributed by atoms with Crippen LogP contribution in [0.1, 0.15) is 56.7 Å². The topological polar surface area (TPSA) is 78.9 Å². The van der Waals surface area contributed by atoms with Crippen LogP contribution in [0.25, 0.3) is 0 Å². The van der Waals surface area contributed by atoms with Crippen molar-refractivity contribution in [3.8, 4) is 0 Å². The number of aliphatic carboxylic acids is 1. The molecule has 4 rings (SSSR count). The second-order valence-corrected chi connectivity index (χ2v) is 11.5. The highest BCUT2D eigenvalue weighted by Crippen LogP contribution is 2.43. The van der Waals surface area contributed by atoms with E-state index in [1.807, 2.05) is 36.4 Å². The zero-order valence-corrected chi connectivity index (χ0v) is 23.1. The number of nitrogens with zero attached hydrogens (tertiary/aromatic N) is 1. The Kier molecular flexibility index (Phi) is 9.17. The molecule has 2 N–H and O–H groups in total. The average molecular weight is 548 g/mol. The number of benzene rings is 2. The molecule has 0 spiro atoms. The van der Waals surface area contributed by atoms with Gasteiger partial charge in [-0.15, -0.1) is 0 Å². The molecule has 7 atom stereocenters. The van der Waals surface area contributed by atoms with Gasteiger partial charge in [-0.25, -0.2) is 0 Å². The van der Waals surface area contributed by atoms with Crippen molar-refractivity contribution >= 4 is 35.1 Å². The predicted octanol–water partition coefficient (Wildman–Crippen LogP) is 5.79. The number of carboxylic acids is 1. The number of halogens is 2. The normalized spacial score (nSPS) is 27.2. The molecule has 2 aromatic rings. The van der Waals surface area contributed by atoms with Gasteiger partial charge in [-0.05, 0) is 60.6 Å². The highest BCUT2D eigenvalue weighted by atomic mass is 35.5. The summed E-state index contributed by atoms with van der Waals surface area (Å²) in [6.45, 7) is 8.80. The van der Waals surface area contributed by atoms with Crippen LogP contribution in [0.4, 0.5) is 0 Å². The lowest BCUT2D eigenvalue weighted by Crippen LogP contribution is -2.55. The van der Waals surface area contributed by atoms with Crippen molar-refractivity contribution in [2.75, 3.05) is 19.8 Å². The SMILES string of the molecule is CC(C(C)C(c1ccc(Cl)cc1)N1CCOCC1C)C1NC(=O)C(CC(=O)O)CC1c1cccc(Cl)c1. The first-order valence-electron chi connectivity index (χ1n) is 13.0. The maximum Gasteiger partial charge on any atom is 0.304 e. The van der Waals surface area contributed by atoms with Gasteiger partial charge in [0.15, 0.2) is 0 Å². The molecule has 8 heteroatoms. The van der Waals surface area contributed by atoms with E-state index in [2.05, 4.69) is 43.1 Å². The Morgan fingerprint density at radius 2 is 1.89 bits per heavy atom. The summed E-state index contributed by atoms with van der Waals surface area (Å²) in [5.41, 5.74) is 2.21. The second kappa shape index (κ2) is 12.2. The molecular weight excluding hydrogens is 511 g/mol. The molecule has 0 bridgehead atoms. The molecule has 2 aliphatic heterocycles. The van der Waals surface area contributed by atoms with Gasteiger partial charge >= 0.3 is 5.97 Å². The van der Waals surface area contributed by atoms with Gasteiger partial charge in [-0.2, -0.15) is 0 Å². The number of hydrogen-bond donors (Lipinski definition) is 2. The predicted molar refractivity (Wildman–Crippen MR) is 146 cm³/mol. The molecule has 0 radical (unpaired) electrons. The van der Waals surface area contributed by atoms with Crippen molar-refractivity contribution < 1.29 is 19.4 Å². The number of rotatable bonds is 8. The van der Waals surface area contributed by atoms with E-state index in [0.29, 0.717) is 29.7 Å². The maximum absolute atomic E-state index is 13.1. The lowest BCUT2D eigenvalue weighted by Gasteiger charge is -2.47. The van der Waals surface area contributed by atoms with Gasteiger partial charge in [0.05, 0.1) is 19.6 Å². The quantitative estimate of drug-likeness (QED) is 0.438. The maximum atomic E-state index is 13.1. The minimum absolute atomic E-state index is 0.0498. The van der Waals surface area contributed by atoms with Gasteiger partial charge in [0.2, 0.25) is 5.91 Å². The van der Waals surface area contributed by atoms with Crippen LogP contribution in [0.3, 0.4) is 0 Å². The zero-order chi connectivity index (χ0) is 26.7. The summed E-state index contributed by atoms with van der Waals surface area (Å²) in [4.78, 5) is 27.1. The van der Waals surface area contributed by atoms with E-state index in [-0.39, 0.29) is 48.2 Å². The van der Waals surface area contributed by atoms with E-state index in [1.165, 1.54) is 5.56 Å². The van der Waals surface area contributed by atoms with Crippen LogP contribution >= 0.6 is 23.2 Å². The van der Waals surface area contributed by atoms with Crippen LogP contribution < -0.4 is 5.32 Å². The number of morpholine rings is 1. The number of nitrogens with one attached hydrogen (secondary N) is 1. The number of carbonyl (C=O) groups is 2. The Balaban J connectivity index is 1.69. The molecule has 37 heavy (non-hydrogen) atoms. The third-order valence-electron chi connectivity index (χ3n) is 8.23. The van der Waals surface area contributed by atoms with Gasteiger partial charge in [-0.3, -0.25) is 14.5 Å². The van der Waals surface area contributed by atoms with Crippen molar-refractivity contribution in [2.24, 2.45) is 17.8 Å². The molecule has 1 amide bonds. The number of piperidine rings is 1. The van der Waals surface area contributed by atoms with Crippen LogP contribution in [-0.2, 0) is 14.3 Å². The van der Waals surface area contributed by atoms with Crippen LogP contribution in [0.15, 0.2) is 48.5 Å². The number of carbonyl (C=O) groups excluding carboxylic acids is 1. The van der Waals surface area contributed by atoms with Gasteiger partial charge < -0.3 is 15.2 Å². The number of carboxylic acid groups (broad SMARTS) is 1. The fourth-order valence-corrected chi connectivity index (χ4v) is 6.46. The molecule has 2 aliphatic rings. The van der Waals surface area contributed by atoms with Crippen molar-refractivity contribution in [1.29, 1.82) is 0 Å². The van der Waals surface area contributed by atoms with Crippen LogP contribution in [-0.4, -0.2) is 53.7 Å². The van der Waals surface area contributed by atoms with Crippen LogP contribution in [0, 0.1) is 17.8 Å². The highest BCUT2D eigenvalue weighted by molar-refractivity contribution is 6.30. The molecule has 6 nitrogen and oxygen atoms in total. The highest BCUT2D eigenvalue weighted by Gasteiger charge is 2.44. The van der Waals surface area contributed by atoms with Crippen molar-refractivity contribution in [3.63, 3.8) is 0 Å². The van der Waals surface area contributed by atoms with E-state index >= 15 is 0 Å². The molecule has 200 valence electrons. The fraction of sp³-hybridized carbons (Fsp3) is 0.517. The molecule has 2 saturated heterocycles. The van der Waals surface area contributed by atoms with E-state index < -0.39 is 11.9 Å². The van der Waals surface area contributed by atoms with E-state index in [0.717, 1.165) is 12.1 Å². The number of ether oxygens (including phenoxy) is 1. The van der Waals surface area contributed by atoms with E-state index in [4.69, 9.17) is 27.9 Å².